The van der Waals surface area contributed by atoms with E-state index < -0.39 is 20.0 Å². The highest BCUT2D eigenvalue weighted by Gasteiger charge is 2.28. The lowest BCUT2D eigenvalue weighted by atomic mass is 10.0. The molecule has 0 aliphatic heterocycles. The maximum atomic E-state index is 12.9. The molecule has 0 rings (SSSR count). The largest absolute Gasteiger partial charge is 0.472 e. The first-order chi connectivity index (χ1) is 31.5. The maximum absolute atomic E-state index is 12.9. The number of hydrogen-bond donors (Lipinski definition) is 3. The number of amides is 1. The molecule has 390 valence electrons. The van der Waals surface area contributed by atoms with Crippen LogP contribution in [0.2, 0.25) is 0 Å². The van der Waals surface area contributed by atoms with Crippen molar-refractivity contribution in [1.82, 2.24) is 5.32 Å². The third-order valence-electron chi connectivity index (χ3n) is 13.6. The zero-order valence-electron chi connectivity index (χ0n) is 44.5. The molecule has 0 saturated carbocycles. The van der Waals surface area contributed by atoms with E-state index in [1.165, 1.54) is 238 Å². The Morgan fingerprint density at radius 1 is 0.462 bits per heavy atom. The molecular weight excluding hydrogens is 828 g/mol. The van der Waals surface area contributed by atoms with Crippen LogP contribution in [0.1, 0.15) is 303 Å². The zero-order chi connectivity index (χ0) is 47.8. The quantitative estimate of drug-likeness (QED) is 0.0319. The number of phosphoric acid groups is 1. The third-order valence-corrected chi connectivity index (χ3v) is 14.6. The van der Waals surface area contributed by atoms with Gasteiger partial charge in [-0.15, -0.1) is 0 Å². The van der Waals surface area contributed by atoms with Crippen LogP contribution in [-0.2, 0) is 18.4 Å². The SMILES string of the molecule is CCCCCCCCCCCCCCCCCCCCCCCCCCCCCCCCCCC(=O)NC(COP(=O)(O)OCC[N+](C)(C)C)C(O)CCCCCCCCCCCCC. The number of aliphatic hydroxyl groups excluding tert-OH is 1. The van der Waals surface area contributed by atoms with Gasteiger partial charge in [0, 0.05) is 6.42 Å². The number of aliphatic hydroxyl groups is 1. The van der Waals surface area contributed by atoms with Gasteiger partial charge in [-0.25, -0.2) is 4.57 Å². The summed E-state index contributed by atoms with van der Waals surface area (Å²) in [7, 11) is 1.63. The van der Waals surface area contributed by atoms with E-state index in [0.29, 0.717) is 23.9 Å². The van der Waals surface area contributed by atoms with E-state index in [1.807, 2.05) is 21.1 Å². The molecule has 3 N–H and O–H groups in total. The van der Waals surface area contributed by atoms with Gasteiger partial charge in [0.25, 0.3) is 0 Å². The molecule has 0 heterocycles. The van der Waals surface area contributed by atoms with Gasteiger partial charge >= 0.3 is 7.82 Å². The van der Waals surface area contributed by atoms with Crippen molar-refractivity contribution in [3.63, 3.8) is 0 Å². The summed E-state index contributed by atoms with van der Waals surface area (Å²) in [5, 5.41) is 14.0. The highest BCUT2D eigenvalue weighted by Crippen LogP contribution is 2.43. The standard InChI is InChI=1S/C56H115N2O6P/c1-6-8-10-12-14-16-18-19-20-21-22-23-24-25-26-27-28-29-30-31-32-33-34-35-36-37-38-40-42-44-46-48-50-56(60)57-54(53-64-65(61,62)63-52-51-58(3,4)5)55(59)49-47-45-43-41-39-17-15-13-11-9-7-2/h54-55,59H,6-53H2,1-5H3,(H-,57,60,61,62)/p+1. The van der Waals surface area contributed by atoms with Crippen molar-refractivity contribution in [2.75, 3.05) is 40.9 Å². The minimum atomic E-state index is -4.31. The molecule has 3 unspecified atom stereocenters. The molecule has 0 aromatic heterocycles. The first kappa shape index (κ1) is 64.5. The number of phosphoric ester groups is 1. The van der Waals surface area contributed by atoms with Crippen LogP contribution in [0, 0.1) is 0 Å². The highest BCUT2D eigenvalue weighted by molar-refractivity contribution is 7.47. The minimum absolute atomic E-state index is 0.0787. The van der Waals surface area contributed by atoms with Crippen LogP contribution < -0.4 is 5.32 Å². The summed E-state index contributed by atoms with van der Waals surface area (Å²) >= 11 is 0. The van der Waals surface area contributed by atoms with Crippen LogP contribution in [0.4, 0.5) is 0 Å². The van der Waals surface area contributed by atoms with E-state index >= 15 is 0 Å². The van der Waals surface area contributed by atoms with Crippen molar-refractivity contribution in [3.8, 4) is 0 Å². The Kier molecular flexibility index (Phi) is 48.1. The Labute approximate surface area is 406 Å². The molecule has 3 atom stereocenters. The molecule has 0 bridgehead atoms. The van der Waals surface area contributed by atoms with E-state index in [1.54, 1.807) is 0 Å². The molecule has 0 aromatic rings. The van der Waals surface area contributed by atoms with Gasteiger partial charge in [0.05, 0.1) is 39.9 Å². The van der Waals surface area contributed by atoms with Gasteiger partial charge < -0.3 is 19.8 Å². The second-order valence-electron chi connectivity index (χ2n) is 21.4. The van der Waals surface area contributed by atoms with Crippen molar-refractivity contribution in [3.05, 3.63) is 0 Å². The van der Waals surface area contributed by atoms with E-state index in [-0.39, 0.29) is 19.1 Å². The summed E-state index contributed by atoms with van der Waals surface area (Å²) in [6.45, 7) is 4.92. The van der Waals surface area contributed by atoms with Crippen LogP contribution in [0.3, 0.4) is 0 Å². The van der Waals surface area contributed by atoms with E-state index in [9.17, 15) is 19.4 Å². The minimum Gasteiger partial charge on any atom is -0.391 e. The first-order valence-corrected chi connectivity index (χ1v) is 30.4. The maximum Gasteiger partial charge on any atom is 0.472 e. The van der Waals surface area contributed by atoms with Gasteiger partial charge in [-0.2, -0.15) is 0 Å². The molecular formula is C56H116N2O6P+. The number of carbonyl (C=O) groups is 1. The van der Waals surface area contributed by atoms with Crippen molar-refractivity contribution in [1.29, 1.82) is 0 Å². The molecule has 65 heavy (non-hydrogen) atoms. The molecule has 0 spiro atoms. The number of likely N-dealkylation sites (N-methyl/N-ethyl adjacent to an activating group) is 1. The number of quaternary nitrogens is 1. The molecule has 0 aliphatic rings. The van der Waals surface area contributed by atoms with Crippen molar-refractivity contribution in [2.24, 2.45) is 0 Å². The summed E-state index contributed by atoms with van der Waals surface area (Å²) < 4.78 is 23.7. The molecule has 0 saturated heterocycles. The number of nitrogens with zero attached hydrogens (tertiary/aromatic N) is 1. The second-order valence-corrected chi connectivity index (χ2v) is 22.8. The molecule has 0 aromatic carbocycles. The van der Waals surface area contributed by atoms with Gasteiger partial charge in [-0.05, 0) is 12.8 Å². The van der Waals surface area contributed by atoms with Gasteiger partial charge in [0.15, 0.2) is 0 Å². The molecule has 9 heteroatoms. The lowest BCUT2D eigenvalue weighted by molar-refractivity contribution is -0.870. The van der Waals surface area contributed by atoms with Crippen molar-refractivity contribution < 1.29 is 32.9 Å². The molecule has 8 nitrogen and oxygen atoms in total. The number of hydrogen-bond acceptors (Lipinski definition) is 5. The lowest BCUT2D eigenvalue weighted by Crippen LogP contribution is -2.46. The zero-order valence-corrected chi connectivity index (χ0v) is 45.4. The van der Waals surface area contributed by atoms with Gasteiger partial charge in [-0.3, -0.25) is 13.8 Å². The summed E-state index contributed by atoms with van der Waals surface area (Å²) in [5.74, 6) is -0.138. The summed E-state index contributed by atoms with van der Waals surface area (Å²) in [6.07, 6.45) is 57.6. The van der Waals surface area contributed by atoms with Crippen LogP contribution in [0.25, 0.3) is 0 Å². The van der Waals surface area contributed by atoms with E-state index in [4.69, 9.17) is 9.05 Å². The predicted octanol–water partition coefficient (Wildman–Crippen LogP) is 17.3. The summed E-state index contributed by atoms with van der Waals surface area (Å²) in [4.78, 5) is 23.2. The van der Waals surface area contributed by atoms with Crippen LogP contribution in [0.5, 0.6) is 0 Å². The first-order valence-electron chi connectivity index (χ1n) is 28.9. The number of unbranched alkanes of at least 4 members (excludes halogenated alkanes) is 41. The fourth-order valence-corrected chi connectivity index (χ4v) is 9.79. The van der Waals surface area contributed by atoms with E-state index in [2.05, 4.69) is 19.2 Å². The van der Waals surface area contributed by atoms with Gasteiger partial charge in [-0.1, -0.05) is 284 Å². The van der Waals surface area contributed by atoms with Crippen molar-refractivity contribution >= 4 is 13.7 Å². The normalized spacial score (nSPS) is 13.9. The number of rotatable bonds is 54. The molecule has 0 aliphatic carbocycles. The topological polar surface area (TPSA) is 105 Å². The van der Waals surface area contributed by atoms with Gasteiger partial charge in [0.1, 0.15) is 13.2 Å². The Hall–Kier alpha value is -0.500. The molecule has 0 radical (unpaired) electrons. The smallest absolute Gasteiger partial charge is 0.391 e. The van der Waals surface area contributed by atoms with Crippen molar-refractivity contribution in [2.45, 2.75) is 315 Å². The van der Waals surface area contributed by atoms with E-state index in [0.717, 1.165) is 38.5 Å². The van der Waals surface area contributed by atoms with Crippen LogP contribution in [-0.4, -0.2) is 73.4 Å². The van der Waals surface area contributed by atoms with Crippen LogP contribution >= 0.6 is 7.82 Å². The molecule has 1 amide bonds. The number of nitrogens with one attached hydrogen (secondary N) is 1. The molecule has 0 fully saturated rings. The Morgan fingerprint density at radius 3 is 1.03 bits per heavy atom. The Morgan fingerprint density at radius 2 is 0.738 bits per heavy atom. The Balaban J connectivity index is 3.89. The third kappa shape index (κ3) is 51.2. The number of carbonyl (C=O) groups excluding carboxylic acids is 1. The summed E-state index contributed by atoms with van der Waals surface area (Å²) in [5.41, 5.74) is 0. The van der Waals surface area contributed by atoms with Gasteiger partial charge in [0.2, 0.25) is 5.91 Å². The average Bonchev–Trinajstić information content (AvgIpc) is 3.26. The Bertz CT molecular complexity index is 1030. The van der Waals surface area contributed by atoms with Crippen LogP contribution in [0.15, 0.2) is 0 Å². The monoisotopic (exact) mass is 944 g/mol. The fourth-order valence-electron chi connectivity index (χ4n) is 9.05. The lowest BCUT2D eigenvalue weighted by Gasteiger charge is -2.26. The highest BCUT2D eigenvalue weighted by atomic mass is 31.2. The second kappa shape index (κ2) is 48.5. The summed E-state index contributed by atoms with van der Waals surface area (Å²) in [6, 6.07) is -0.753. The predicted molar refractivity (Wildman–Crippen MR) is 282 cm³/mol. The average molecular weight is 945 g/mol. The fraction of sp³-hybridized carbons (Fsp3) is 0.982.